The number of hydrogen-bond acceptors (Lipinski definition) is 8. The van der Waals surface area contributed by atoms with Crippen molar-refractivity contribution in [1.29, 1.82) is 0 Å². The Morgan fingerprint density at radius 2 is 1.63 bits per heavy atom. The van der Waals surface area contributed by atoms with E-state index in [0.717, 1.165) is 17.1 Å². The minimum atomic E-state index is -3.98. The number of amides is 2. The van der Waals surface area contributed by atoms with Crippen LogP contribution in [0.25, 0.3) is 20.8 Å². The number of anilines is 1. The van der Waals surface area contributed by atoms with Crippen LogP contribution < -0.4 is 10.0 Å². The molecular formula is C24H19N3O6S2. The molecule has 0 saturated carbocycles. The molecule has 4 aromatic rings. The van der Waals surface area contributed by atoms with Crippen LogP contribution in [-0.4, -0.2) is 37.8 Å². The first kappa shape index (κ1) is 24.0. The molecule has 35 heavy (non-hydrogen) atoms. The fourth-order valence-electron chi connectivity index (χ4n) is 3.21. The largest absolute Gasteiger partial charge is 0.452 e. The lowest BCUT2D eigenvalue weighted by atomic mass is 10.1. The Kier molecular flexibility index (Phi) is 6.90. The van der Waals surface area contributed by atoms with E-state index in [1.54, 1.807) is 24.3 Å². The maximum atomic E-state index is 12.7. The zero-order chi connectivity index (χ0) is 25.0. The van der Waals surface area contributed by atoms with Crippen LogP contribution in [0.5, 0.6) is 0 Å². The number of esters is 1. The van der Waals surface area contributed by atoms with E-state index >= 15 is 0 Å². The molecule has 9 nitrogen and oxygen atoms in total. The van der Waals surface area contributed by atoms with Crippen molar-refractivity contribution in [3.63, 3.8) is 0 Å². The van der Waals surface area contributed by atoms with Crippen molar-refractivity contribution in [2.24, 2.45) is 0 Å². The molecule has 0 spiro atoms. The highest BCUT2D eigenvalue weighted by Gasteiger charge is 2.18. The molecule has 0 radical (unpaired) electrons. The van der Waals surface area contributed by atoms with Crippen molar-refractivity contribution in [1.82, 2.24) is 9.71 Å². The van der Waals surface area contributed by atoms with E-state index in [1.165, 1.54) is 35.6 Å². The van der Waals surface area contributed by atoms with Gasteiger partial charge in [-0.3, -0.25) is 9.59 Å². The Hall–Kier alpha value is -4.09. The molecule has 0 fully saturated rings. The summed E-state index contributed by atoms with van der Waals surface area (Å²) < 4.78 is 32.0. The van der Waals surface area contributed by atoms with E-state index in [2.05, 4.69) is 10.3 Å². The van der Waals surface area contributed by atoms with Crippen LogP contribution in [0, 0.1) is 0 Å². The number of aromatic nitrogens is 1. The summed E-state index contributed by atoms with van der Waals surface area (Å²) in [6, 6.07) is 19.7. The lowest BCUT2D eigenvalue weighted by Gasteiger charge is -2.09. The molecule has 1 aromatic heterocycles. The topological polar surface area (TPSA) is 132 Å². The number of ether oxygens (including phenoxy) is 1. The van der Waals surface area contributed by atoms with Crippen LogP contribution in [-0.2, 0) is 24.3 Å². The molecule has 4 rings (SSSR count). The molecule has 0 aliphatic carbocycles. The van der Waals surface area contributed by atoms with Gasteiger partial charge >= 0.3 is 5.97 Å². The van der Waals surface area contributed by atoms with Gasteiger partial charge in [-0.15, -0.1) is 11.3 Å². The van der Waals surface area contributed by atoms with Gasteiger partial charge in [0.15, 0.2) is 6.61 Å². The van der Waals surface area contributed by atoms with E-state index in [4.69, 9.17) is 4.74 Å². The second-order valence-electron chi connectivity index (χ2n) is 7.34. The van der Waals surface area contributed by atoms with Gasteiger partial charge in [-0.05, 0) is 42.5 Å². The Morgan fingerprint density at radius 1 is 0.943 bits per heavy atom. The number of fused-ring (bicyclic) bond motifs is 1. The average Bonchev–Trinajstić information content (AvgIpc) is 3.26. The van der Waals surface area contributed by atoms with Gasteiger partial charge in [-0.1, -0.05) is 30.3 Å². The van der Waals surface area contributed by atoms with E-state index < -0.39 is 34.4 Å². The average molecular weight is 510 g/mol. The summed E-state index contributed by atoms with van der Waals surface area (Å²) in [5.41, 5.74) is 2.01. The number of carbonyl (C=O) groups excluding carboxylic acids is 3. The maximum absolute atomic E-state index is 12.7. The number of nitrogens with zero attached hydrogens (tertiary/aromatic N) is 1. The standard InChI is InChI=1S/C24H19N3O6S2/c1-15(28)27-35(31,32)17-12-10-16(11-13-17)25-22(29)14-33-24(30)19-7-3-2-6-18(19)23-26-20-8-4-5-9-21(20)34-23/h2-13H,14H2,1H3,(H,25,29)(H,27,28). The smallest absolute Gasteiger partial charge is 0.339 e. The molecule has 0 aliphatic heterocycles. The highest BCUT2D eigenvalue weighted by atomic mass is 32.2. The van der Waals surface area contributed by atoms with Crippen LogP contribution in [0.3, 0.4) is 0 Å². The van der Waals surface area contributed by atoms with Crippen LogP contribution in [0.4, 0.5) is 5.69 Å². The number of benzene rings is 3. The van der Waals surface area contributed by atoms with Gasteiger partial charge in [0.2, 0.25) is 5.91 Å². The first-order valence-electron chi connectivity index (χ1n) is 10.3. The van der Waals surface area contributed by atoms with Crippen molar-refractivity contribution in [2.45, 2.75) is 11.8 Å². The fraction of sp³-hybridized carbons (Fsp3) is 0.0833. The molecule has 0 aliphatic rings. The summed E-state index contributed by atoms with van der Waals surface area (Å²) in [5, 5.41) is 3.19. The normalized spacial score (nSPS) is 11.1. The third-order valence-corrected chi connectivity index (χ3v) is 7.25. The summed E-state index contributed by atoms with van der Waals surface area (Å²) >= 11 is 1.45. The molecular weight excluding hydrogens is 490 g/mol. The predicted octanol–water partition coefficient (Wildman–Crippen LogP) is 3.58. The zero-order valence-corrected chi connectivity index (χ0v) is 20.0. The van der Waals surface area contributed by atoms with E-state index in [-0.39, 0.29) is 10.5 Å². The maximum Gasteiger partial charge on any atom is 0.339 e. The van der Waals surface area contributed by atoms with Crippen molar-refractivity contribution in [2.75, 3.05) is 11.9 Å². The van der Waals surface area contributed by atoms with Crippen LogP contribution in [0.1, 0.15) is 17.3 Å². The lowest BCUT2D eigenvalue weighted by Crippen LogP contribution is -2.28. The highest BCUT2D eigenvalue weighted by molar-refractivity contribution is 7.90. The SMILES string of the molecule is CC(=O)NS(=O)(=O)c1ccc(NC(=O)COC(=O)c2ccccc2-c2nc3ccccc3s2)cc1. The summed E-state index contributed by atoms with van der Waals surface area (Å²) in [7, 11) is -3.98. The van der Waals surface area contributed by atoms with Gasteiger partial charge in [0, 0.05) is 18.2 Å². The van der Waals surface area contributed by atoms with E-state index in [1.807, 2.05) is 29.0 Å². The second-order valence-corrected chi connectivity index (χ2v) is 10.1. The minimum Gasteiger partial charge on any atom is -0.452 e. The monoisotopic (exact) mass is 509 g/mol. The van der Waals surface area contributed by atoms with Crippen molar-refractivity contribution >= 4 is 55.0 Å². The van der Waals surface area contributed by atoms with Crippen LogP contribution >= 0.6 is 11.3 Å². The number of para-hydroxylation sites is 1. The number of hydrogen-bond donors (Lipinski definition) is 2. The van der Waals surface area contributed by atoms with Crippen molar-refractivity contribution in [3.05, 3.63) is 78.4 Å². The van der Waals surface area contributed by atoms with Crippen molar-refractivity contribution < 1.29 is 27.5 Å². The van der Waals surface area contributed by atoms with Gasteiger partial charge in [0.05, 0.1) is 20.7 Å². The first-order chi connectivity index (χ1) is 16.7. The lowest BCUT2D eigenvalue weighted by molar-refractivity contribution is -0.119. The third kappa shape index (κ3) is 5.70. The van der Waals surface area contributed by atoms with Crippen LogP contribution in [0.2, 0.25) is 0 Å². The number of sulfonamides is 1. The Morgan fingerprint density at radius 3 is 2.34 bits per heavy atom. The number of carbonyl (C=O) groups is 3. The molecule has 0 atom stereocenters. The molecule has 0 bridgehead atoms. The minimum absolute atomic E-state index is 0.136. The summed E-state index contributed by atoms with van der Waals surface area (Å²) in [6.45, 7) is 0.545. The number of thiazole rings is 1. The van der Waals surface area contributed by atoms with Crippen molar-refractivity contribution in [3.8, 4) is 10.6 Å². The molecule has 2 amide bonds. The van der Waals surface area contributed by atoms with Gasteiger partial charge in [0.25, 0.3) is 15.9 Å². The van der Waals surface area contributed by atoms with Gasteiger partial charge in [-0.25, -0.2) is 22.9 Å². The van der Waals surface area contributed by atoms with E-state index in [9.17, 15) is 22.8 Å². The molecule has 0 unspecified atom stereocenters. The number of rotatable bonds is 7. The van der Waals surface area contributed by atoms with Crippen LogP contribution in [0.15, 0.2) is 77.7 Å². The Balaban J connectivity index is 1.40. The summed E-state index contributed by atoms with van der Waals surface area (Å²) in [6.07, 6.45) is 0. The highest BCUT2D eigenvalue weighted by Crippen LogP contribution is 2.32. The number of nitrogens with one attached hydrogen (secondary N) is 2. The molecule has 11 heteroatoms. The zero-order valence-electron chi connectivity index (χ0n) is 18.3. The Bertz CT molecular complexity index is 1500. The molecule has 3 aromatic carbocycles. The Labute approximate surface area is 204 Å². The quantitative estimate of drug-likeness (QED) is 0.364. The summed E-state index contributed by atoms with van der Waals surface area (Å²) in [4.78, 5) is 40.5. The fourth-order valence-corrected chi connectivity index (χ4v) is 5.20. The first-order valence-corrected chi connectivity index (χ1v) is 12.6. The third-order valence-electron chi connectivity index (χ3n) is 4.73. The van der Waals surface area contributed by atoms with Gasteiger partial charge in [-0.2, -0.15) is 0 Å². The van der Waals surface area contributed by atoms with Gasteiger partial charge < -0.3 is 10.1 Å². The summed E-state index contributed by atoms with van der Waals surface area (Å²) in [5.74, 6) is -1.99. The molecule has 1 heterocycles. The molecule has 178 valence electrons. The van der Waals surface area contributed by atoms with E-state index in [0.29, 0.717) is 16.3 Å². The molecule has 2 N–H and O–H groups in total. The predicted molar refractivity (Wildman–Crippen MR) is 131 cm³/mol. The second kappa shape index (κ2) is 10.0. The van der Waals surface area contributed by atoms with Gasteiger partial charge in [0.1, 0.15) is 5.01 Å². The molecule has 0 saturated heterocycles.